The van der Waals surface area contributed by atoms with Gasteiger partial charge in [-0.3, -0.25) is 4.79 Å². The molecule has 0 atom stereocenters. The van der Waals surface area contributed by atoms with E-state index in [9.17, 15) is 19.1 Å². The number of carbonyl (C=O) groups excluding carboxylic acids is 2. The first-order valence-electron chi connectivity index (χ1n) is 11.8. The fourth-order valence-corrected chi connectivity index (χ4v) is 3.74. The predicted octanol–water partition coefficient (Wildman–Crippen LogP) is 4.83. The minimum atomic E-state index is -1.96. The molecule has 0 heterocycles. The van der Waals surface area contributed by atoms with E-state index in [0.29, 0.717) is 23.3 Å². The van der Waals surface area contributed by atoms with Gasteiger partial charge in [0, 0.05) is 0 Å². The van der Waals surface area contributed by atoms with Gasteiger partial charge in [0.2, 0.25) is 0 Å². The van der Waals surface area contributed by atoms with Gasteiger partial charge in [-0.2, -0.15) is 5.10 Å². The average molecular weight is 513 g/mol. The average Bonchev–Trinajstić information content (AvgIpc) is 2.95. The van der Waals surface area contributed by atoms with Crippen LogP contribution in [0.3, 0.4) is 0 Å². The van der Waals surface area contributed by atoms with Crippen LogP contribution in [0.15, 0.2) is 108 Å². The molecule has 4 rings (SSSR count). The largest absolute Gasteiger partial charge is 0.490 e. The summed E-state index contributed by atoms with van der Waals surface area (Å²) in [5.41, 5.74) is 1.97. The van der Waals surface area contributed by atoms with E-state index in [4.69, 9.17) is 9.47 Å². The quantitative estimate of drug-likeness (QED) is 0.145. The molecule has 8 heteroatoms. The highest BCUT2D eigenvalue weighted by Gasteiger charge is 2.39. The standard InChI is InChI=1S/C30H25FN2O5/c1-2-37-27-19-21(13-18-26(27)38-28(34)22-14-16-25(31)17-15-22)20-32-33-29(35)30(36,23-9-5-3-6-10-23)24-11-7-4-8-12-24/h3-20,36H,2H2,1H3,(H,33,35)/b32-20+. The van der Waals surface area contributed by atoms with Crippen molar-refractivity contribution in [1.82, 2.24) is 5.43 Å². The molecule has 0 aliphatic carbocycles. The second-order valence-corrected chi connectivity index (χ2v) is 8.18. The number of hydrogen-bond acceptors (Lipinski definition) is 6. The number of halogens is 1. The Bertz CT molecular complexity index is 1380. The topological polar surface area (TPSA) is 97.2 Å². The summed E-state index contributed by atoms with van der Waals surface area (Å²) in [5.74, 6) is -1.41. The zero-order chi connectivity index (χ0) is 27.0. The molecule has 4 aromatic rings. The molecule has 2 N–H and O–H groups in total. The van der Waals surface area contributed by atoms with Gasteiger partial charge in [0.15, 0.2) is 17.1 Å². The second-order valence-electron chi connectivity index (χ2n) is 8.18. The Hall–Kier alpha value is -4.82. The van der Waals surface area contributed by atoms with Gasteiger partial charge in [0.1, 0.15) is 5.82 Å². The maximum absolute atomic E-state index is 13.2. The van der Waals surface area contributed by atoms with Crippen LogP contribution in [0.4, 0.5) is 4.39 Å². The number of aliphatic hydroxyl groups is 1. The van der Waals surface area contributed by atoms with Gasteiger partial charge in [-0.05, 0) is 66.1 Å². The van der Waals surface area contributed by atoms with E-state index in [1.807, 2.05) is 0 Å². The second kappa shape index (κ2) is 11.9. The molecule has 0 saturated carbocycles. The number of esters is 1. The summed E-state index contributed by atoms with van der Waals surface area (Å²) >= 11 is 0. The Morgan fingerprint density at radius 2 is 1.50 bits per heavy atom. The maximum atomic E-state index is 13.2. The van der Waals surface area contributed by atoms with Crippen molar-refractivity contribution in [2.45, 2.75) is 12.5 Å². The Morgan fingerprint density at radius 1 is 0.895 bits per heavy atom. The molecule has 192 valence electrons. The summed E-state index contributed by atoms with van der Waals surface area (Å²) < 4.78 is 24.2. The normalized spacial score (nSPS) is 11.2. The third-order valence-corrected chi connectivity index (χ3v) is 5.64. The molecule has 0 spiro atoms. The van der Waals surface area contributed by atoms with Crippen LogP contribution in [-0.2, 0) is 10.4 Å². The minimum Gasteiger partial charge on any atom is -0.490 e. The fraction of sp³-hybridized carbons (Fsp3) is 0.100. The van der Waals surface area contributed by atoms with E-state index in [0.717, 1.165) is 0 Å². The van der Waals surface area contributed by atoms with Gasteiger partial charge in [-0.15, -0.1) is 0 Å². The van der Waals surface area contributed by atoms with Crippen molar-refractivity contribution in [2.24, 2.45) is 5.10 Å². The van der Waals surface area contributed by atoms with Crippen molar-refractivity contribution >= 4 is 18.1 Å². The van der Waals surface area contributed by atoms with Crippen LogP contribution in [0.2, 0.25) is 0 Å². The van der Waals surface area contributed by atoms with Crippen LogP contribution < -0.4 is 14.9 Å². The Kier molecular flexibility index (Phi) is 8.25. The van der Waals surface area contributed by atoms with Crippen molar-refractivity contribution in [3.8, 4) is 11.5 Å². The van der Waals surface area contributed by atoms with Crippen LogP contribution in [-0.4, -0.2) is 29.8 Å². The summed E-state index contributed by atoms with van der Waals surface area (Å²) in [6, 6.07) is 26.9. The van der Waals surface area contributed by atoms with E-state index < -0.39 is 23.3 Å². The molecule has 0 aliphatic rings. The lowest BCUT2D eigenvalue weighted by molar-refractivity contribution is -0.136. The number of hydrazone groups is 1. The number of benzene rings is 4. The van der Waals surface area contributed by atoms with Crippen LogP contribution in [0.1, 0.15) is 34.0 Å². The number of ether oxygens (including phenoxy) is 2. The van der Waals surface area contributed by atoms with Crippen molar-refractivity contribution < 1.29 is 28.6 Å². The number of amides is 1. The number of carbonyl (C=O) groups is 2. The van der Waals surface area contributed by atoms with Gasteiger partial charge in [0.25, 0.3) is 5.91 Å². The summed E-state index contributed by atoms with van der Waals surface area (Å²) in [6.45, 7) is 2.08. The number of nitrogens with zero attached hydrogens (tertiary/aromatic N) is 1. The maximum Gasteiger partial charge on any atom is 0.343 e. The highest BCUT2D eigenvalue weighted by molar-refractivity contribution is 5.92. The summed E-state index contributed by atoms with van der Waals surface area (Å²) in [6.07, 6.45) is 1.38. The Morgan fingerprint density at radius 3 is 2.08 bits per heavy atom. The molecule has 0 saturated heterocycles. The summed E-state index contributed by atoms with van der Waals surface area (Å²) in [4.78, 5) is 25.6. The smallest absolute Gasteiger partial charge is 0.343 e. The lowest BCUT2D eigenvalue weighted by Gasteiger charge is -2.27. The third kappa shape index (κ3) is 5.93. The molecule has 4 aromatic carbocycles. The summed E-state index contributed by atoms with van der Waals surface area (Å²) in [5, 5.41) is 15.5. The lowest BCUT2D eigenvalue weighted by Crippen LogP contribution is -2.43. The molecule has 38 heavy (non-hydrogen) atoms. The first-order valence-corrected chi connectivity index (χ1v) is 11.8. The fourth-order valence-electron chi connectivity index (χ4n) is 3.74. The molecule has 0 aliphatic heterocycles. The molecule has 0 radical (unpaired) electrons. The number of hydrogen-bond donors (Lipinski definition) is 2. The van der Waals surface area contributed by atoms with Crippen molar-refractivity contribution in [3.63, 3.8) is 0 Å². The van der Waals surface area contributed by atoms with E-state index in [-0.39, 0.29) is 17.1 Å². The molecule has 0 fully saturated rings. The monoisotopic (exact) mass is 512 g/mol. The van der Waals surface area contributed by atoms with Gasteiger partial charge in [-0.1, -0.05) is 60.7 Å². The Labute approximate surface area is 219 Å². The molecule has 7 nitrogen and oxygen atoms in total. The zero-order valence-electron chi connectivity index (χ0n) is 20.5. The van der Waals surface area contributed by atoms with Crippen LogP contribution in [0.5, 0.6) is 11.5 Å². The van der Waals surface area contributed by atoms with Gasteiger partial charge in [-0.25, -0.2) is 14.6 Å². The SMILES string of the molecule is CCOc1cc(/C=N/NC(=O)C(O)(c2ccccc2)c2ccccc2)ccc1OC(=O)c1ccc(F)cc1. The molecule has 0 bridgehead atoms. The van der Waals surface area contributed by atoms with Crippen molar-refractivity contribution in [1.29, 1.82) is 0 Å². The minimum absolute atomic E-state index is 0.171. The molecular weight excluding hydrogens is 487 g/mol. The first kappa shape index (κ1) is 26.2. The van der Waals surface area contributed by atoms with Gasteiger partial charge in [0.05, 0.1) is 18.4 Å². The van der Waals surface area contributed by atoms with E-state index in [1.54, 1.807) is 79.7 Å². The van der Waals surface area contributed by atoms with E-state index >= 15 is 0 Å². The predicted molar refractivity (Wildman–Crippen MR) is 141 cm³/mol. The first-order chi connectivity index (χ1) is 18.4. The zero-order valence-corrected chi connectivity index (χ0v) is 20.5. The number of rotatable bonds is 9. The van der Waals surface area contributed by atoms with Crippen LogP contribution >= 0.6 is 0 Å². The molecule has 1 amide bonds. The lowest BCUT2D eigenvalue weighted by atomic mass is 9.85. The molecule has 0 aromatic heterocycles. The van der Waals surface area contributed by atoms with E-state index in [2.05, 4.69) is 10.5 Å². The number of nitrogens with one attached hydrogen (secondary N) is 1. The third-order valence-electron chi connectivity index (χ3n) is 5.64. The highest BCUT2D eigenvalue weighted by Crippen LogP contribution is 2.31. The van der Waals surface area contributed by atoms with Crippen molar-refractivity contribution in [2.75, 3.05) is 6.61 Å². The molecular formula is C30H25FN2O5. The highest BCUT2D eigenvalue weighted by atomic mass is 19.1. The van der Waals surface area contributed by atoms with Gasteiger partial charge < -0.3 is 14.6 Å². The van der Waals surface area contributed by atoms with Gasteiger partial charge >= 0.3 is 5.97 Å². The van der Waals surface area contributed by atoms with E-state index in [1.165, 1.54) is 36.5 Å². The Balaban J connectivity index is 1.52. The summed E-state index contributed by atoms with van der Waals surface area (Å²) in [7, 11) is 0. The molecule has 0 unspecified atom stereocenters. The van der Waals surface area contributed by atoms with Crippen LogP contribution in [0, 0.1) is 5.82 Å². The van der Waals surface area contributed by atoms with Crippen LogP contribution in [0.25, 0.3) is 0 Å². The van der Waals surface area contributed by atoms with Crippen molar-refractivity contribution in [3.05, 3.63) is 131 Å².